The molecule has 0 N–H and O–H groups in total. The van der Waals surface area contributed by atoms with E-state index < -0.39 is 0 Å². The molecular formula is C15H13NO. The number of hydrogen-bond acceptors (Lipinski definition) is 2. The molecule has 17 heavy (non-hydrogen) atoms. The van der Waals surface area contributed by atoms with E-state index in [0.717, 1.165) is 16.5 Å². The first kappa shape index (κ1) is 11.2. The highest BCUT2D eigenvalue weighted by atomic mass is 16.5. The third-order valence-electron chi connectivity index (χ3n) is 2.58. The average Bonchev–Trinajstić information content (AvgIpc) is 2.39. The average molecular weight is 223 g/mol. The van der Waals surface area contributed by atoms with Gasteiger partial charge in [0.15, 0.2) is 0 Å². The van der Waals surface area contributed by atoms with Crippen LogP contribution in [0, 0.1) is 11.3 Å². The lowest BCUT2D eigenvalue weighted by Gasteiger charge is -2.08. The summed E-state index contributed by atoms with van der Waals surface area (Å²) in [5.74, 6) is 0.817. The molecule has 2 heteroatoms. The molecule has 0 saturated heterocycles. The van der Waals surface area contributed by atoms with Crippen molar-refractivity contribution in [3.05, 3.63) is 54.1 Å². The van der Waals surface area contributed by atoms with Crippen LogP contribution in [0.15, 0.2) is 48.6 Å². The zero-order valence-electron chi connectivity index (χ0n) is 9.68. The van der Waals surface area contributed by atoms with Crippen molar-refractivity contribution in [1.29, 1.82) is 5.26 Å². The number of ether oxygens (including phenoxy) is 1. The molecule has 0 amide bonds. The second kappa shape index (κ2) is 5.18. The molecule has 2 nitrogen and oxygen atoms in total. The van der Waals surface area contributed by atoms with Crippen LogP contribution in [0.5, 0.6) is 5.75 Å². The van der Waals surface area contributed by atoms with Gasteiger partial charge in [-0.15, -0.1) is 0 Å². The highest BCUT2D eigenvalue weighted by Crippen LogP contribution is 2.28. The molecule has 0 radical (unpaired) electrons. The Hall–Kier alpha value is -2.27. The normalized spacial score (nSPS) is 10.6. The number of benzene rings is 2. The lowest BCUT2D eigenvalue weighted by molar-refractivity contribution is 0.367. The van der Waals surface area contributed by atoms with Gasteiger partial charge in [-0.2, -0.15) is 5.26 Å². The molecule has 0 fully saturated rings. The van der Waals surface area contributed by atoms with E-state index in [1.165, 1.54) is 0 Å². The number of nitrogens with zero attached hydrogens (tertiary/aromatic N) is 1. The van der Waals surface area contributed by atoms with Crippen LogP contribution in [-0.2, 0) is 0 Å². The van der Waals surface area contributed by atoms with Crippen LogP contribution in [0.4, 0.5) is 0 Å². The predicted molar refractivity (Wildman–Crippen MR) is 69.0 cm³/mol. The van der Waals surface area contributed by atoms with Crippen molar-refractivity contribution in [2.24, 2.45) is 0 Å². The van der Waals surface area contributed by atoms with Gasteiger partial charge >= 0.3 is 0 Å². The van der Waals surface area contributed by atoms with Crippen molar-refractivity contribution in [2.45, 2.75) is 6.92 Å². The maximum Gasteiger partial charge on any atom is 0.127 e. The van der Waals surface area contributed by atoms with Crippen LogP contribution in [0.25, 0.3) is 10.8 Å². The van der Waals surface area contributed by atoms with Gasteiger partial charge in [0.25, 0.3) is 0 Å². The summed E-state index contributed by atoms with van der Waals surface area (Å²) in [4.78, 5) is 0. The quantitative estimate of drug-likeness (QED) is 0.744. The fourth-order valence-electron chi connectivity index (χ4n) is 1.73. The molecule has 0 unspecified atom stereocenters. The Balaban J connectivity index is 2.48. The smallest absolute Gasteiger partial charge is 0.127 e. The Morgan fingerprint density at radius 1 is 1.18 bits per heavy atom. The summed E-state index contributed by atoms with van der Waals surface area (Å²) in [6.45, 7) is 2.51. The van der Waals surface area contributed by atoms with E-state index in [2.05, 4.69) is 6.07 Å². The number of allylic oxidation sites excluding steroid dienone is 1. The lowest BCUT2D eigenvalue weighted by atomic mass is 10.0. The first-order chi connectivity index (χ1) is 8.36. The fourth-order valence-corrected chi connectivity index (χ4v) is 1.73. The van der Waals surface area contributed by atoms with Crippen LogP contribution in [0.1, 0.15) is 12.5 Å². The Labute approximate surface area is 101 Å². The van der Waals surface area contributed by atoms with E-state index in [4.69, 9.17) is 10.00 Å². The van der Waals surface area contributed by atoms with E-state index >= 15 is 0 Å². The highest BCUT2D eigenvalue weighted by molar-refractivity contribution is 5.92. The second-order valence-corrected chi connectivity index (χ2v) is 3.65. The molecule has 0 aliphatic rings. The van der Waals surface area contributed by atoms with Gasteiger partial charge in [-0.3, -0.25) is 0 Å². The molecule has 2 aromatic rings. The molecule has 0 bridgehead atoms. The van der Waals surface area contributed by atoms with Gasteiger partial charge < -0.3 is 4.74 Å². The summed E-state index contributed by atoms with van der Waals surface area (Å²) in [5, 5.41) is 11.0. The van der Waals surface area contributed by atoms with Crippen molar-refractivity contribution in [3.8, 4) is 11.8 Å². The first-order valence-corrected chi connectivity index (χ1v) is 5.52. The summed E-state index contributed by atoms with van der Waals surface area (Å²) in [6, 6.07) is 13.6. The fraction of sp³-hybridized carbons (Fsp3) is 0.133. The monoisotopic (exact) mass is 223 g/mol. The van der Waals surface area contributed by atoms with E-state index in [1.807, 2.05) is 49.4 Å². The third-order valence-corrected chi connectivity index (χ3v) is 2.58. The molecule has 0 aromatic heterocycles. The van der Waals surface area contributed by atoms with Crippen LogP contribution in [0.3, 0.4) is 0 Å². The first-order valence-electron chi connectivity index (χ1n) is 5.52. The molecule has 84 valence electrons. The molecule has 0 aliphatic carbocycles. The molecule has 0 spiro atoms. The van der Waals surface area contributed by atoms with Crippen LogP contribution < -0.4 is 4.74 Å². The Morgan fingerprint density at radius 3 is 2.65 bits per heavy atom. The third kappa shape index (κ3) is 2.29. The molecule has 2 aromatic carbocycles. The minimum atomic E-state index is 0.548. The number of nitriles is 1. The number of hydrogen-bond donors (Lipinski definition) is 0. The van der Waals surface area contributed by atoms with Crippen LogP contribution >= 0.6 is 0 Å². The largest absolute Gasteiger partial charge is 0.489 e. The second-order valence-electron chi connectivity index (χ2n) is 3.65. The minimum Gasteiger partial charge on any atom is -0.489 e. The number of fused-ring (bicyclic) bond motifs is 1. The standard InChI is InChI=1S/C15H13NO/c1-2-3-10-17-15-9-8-12(11-16)13-6-4-5-7-14(13)15/h2-9H,10H2,1H3/b3-2+. The van der Waals surface area contributed by atoms with Crippen LogP contribution in [0.2, 0.25) is 0 Å². The summed E-state index contributed by atoms with van der Waals surface area (Å²) < 4.78 is 5.66. The molecule has 0 aliphatic heterocycles. The Morgan fingerprint density at radius 2 is 1.94 bits per heavy atom. The van der Waals surface area contributed by atoms with E-state index in [9.17, 15) is 0 Å². The lowest BCUT2D eigenvalue weighted by Crippen LogP contribution is -1.94. The van der Waals surface area contributed by atoms with Gasteiger partial charge in [0, 0.05) is 10.8 Å². The van der Waals surface area contributed by atoms with Crippen molar-refractivity contribution in [2.75, 3.05) is 6.61 Å². The SMILES string of the molecule is C/C=C/COc1ccc(C#N)c2ccccc12. The summed E-state index contributed by atoms with van der Waals surface area (Å²) in [6.07, 6.45) is 3.90. The van der Waals surface area contributed by atoms with Crippen molar-refractivity contribution >= 4 is 10.8 Å². The zero-order chi connectivity index (χ0) is 12.1. The molecular weight excluding hydrogens is 210 g/mol. The van der Waals surface area contributed by atoms with E-state index in [0.29, 0.717) is 12.2 Å². The molecule has 0 heterocycles. The van der Waals surface area contributed by atoms with Crippen molar-refractivity contribution in [1.82, 2.24) is 0 Å². The van der Waals surface area contributed by atoms with Gasteiger partial charge in [-0.1, -0.05) is 36.4 Å². The Bertz CT molecular complexity index is 593. The Kier molecular flexibility index (Phi) is 3.42. The topological polar surface area (TPSA) is 33.0 Å². The predicted octanol–water partition coefficient (Wildman–Crippen LogP) is 3.67. The van der Waals surface area contributed by atoms with Crippen LogP contribution in [-0.4, -0.2) is 6.61 Å². The molecule has 0 saturated carbocycles. The van der Waals surface area contributed by atoms with E-state index in [1.54, 1.807) is 6.07 Å². The van der Waals surface area contributed by atoms with Gasteiger partial charge in [0.1, 0.15) is 12.4 Å². The minimum absolute atomic E-state index is 0.548. The van der Waals surface area contributed by atoms with Gasteiger partial charge in [0.05, 0.1) is 11.6 Å². The highest BCUT2D eigenvalue weighted by Gasteiger charge is 2.05. The van der Waals surface area contributed by atoms with Crippen molar-refractivity contribution in [3.63, 3.8) is 0 Å². The summed E-state index contributed by atoms with van der Waals surface area (Å²) in [7, 11) is 0. The van der Waals surface area contributed by atoms with Gasteiger partial charge in [-0.25, -0.2) is 0 Å². The maximum atomic E-state index is 9.04. The molecule has 2 rings (SSSR count). The summed E-state index contributed by atoms with van der Waals surface area (Å²) in [5.41, 5.74) is 0.680. The maximum absolute atomic E-state index is 9.04. The van der Waals surface area contributed by atoms with Gasteiger partial charge in [0.2, 0.25) is 0 Å². The van der Waals surface area contributed by atoms with Gasteiger partial charge in [-0.05, 0) is 19.1 Å². The van der Waals surface area contributed by atoms with E-state index in [-0.39, 0.29) is 0 Å². The zero-order valence-corrected chi connectivity index (χ0v) is 9.68. The van der Waals surface area contributed by atoms with Crippen molar-refractivity contribution < 1.29 is 4.74 Å². The number of rotatable bonds is 3. The molecule has 0 atom stereocenters. The summed E-state index contributed by atoms with van der Waals surface area (Å²) >= 11 is 0.